The van der Waals surface area contributed by atoms with Gasteiger partial charge in [-0.3, -0.25) is 4.99 Å². The molecule has 0 saturated heterocycles. The van der Waals surface area contributed by atoms with Crippen molar-refractivity contribution in [1.29, 1.82) is 0 Å². The summed E-state index contributed by atoms with van der Waals surface area (Å²) in [7, 11) is 0. The van der Waals surface area contributed by atoms with E-state index in [-0.39, 0.29) is 0 Å². The van der Waals surface area contributed by atoms with E-state index in [4.69, 9.17) is 0 Å². The molecule has 2 heteroatoms. The summed E-state index contributed by atoms with van der Waals surface area (Å²) in [6.45, 7) is 3.38. The highest BCUT2D eigenvalue weighted by Crippen LogP contribution is 2.26. The lowest BCUT2D eigenvalue weighted by atomic mass is 9.84. The number of hydrogen-bond acceptors (Lipinski definition) is 2. The van der Waals surface area contributed by atoms with E-state index in [0.717, 1.165) is 12.5 Å². The molecule has 86 valence electrons. The molecule has 1 saturated carbocycles. The second-order valence-electron chi connectivity index (χ2n) is 5.12. The van der Waals surface area contributed by atoms with Crippen LogP contribution in [-0.4, -0.2) is 18.4 Å². The van der Waals surface area contributed by atoms with Crippen molar-refractivity contribution in [3.63, 3.8) is 0 Å². The Bertz CT molecular complexity index is 217. The lowest BCUT2D eigenvalue weighted by molar-refractivity contribution is 0.300. The SMILES string of the molecule is C[C@H](NC1=NCCCC1)C1CCCCC1. The van der Waals surface area contributed by atoms with E-state index in [0.29, 0.717) is 6.04 Å². The van der Waals surface area contributed by atoms with Gasteiger partial charge in [-0.25, -0.2) is 0 Å². The molecule has 1 heterocycles. The summed E-state index contributed by atoms with van der Waals surface area (Å²) in [4.78, 5) is 4.57. The van der Waals surface area contributed by atoms with E-state index < -0.39 is 0 Å². The molecule has 1 N–H and O–H groups in total. The highest BCUT2D eigenvalue weighted by molar-refractivity contribution is 5.82. The number of hydrogen-bond donors (Lipinski definition) is 1. The maximum absolute atomic E-state index is 4.57. The lowest BCUT2D eigenvalue weighted by Gasteiger charge is -2.30. The monoisotopic (exact) mass is 208 g/mol. The molecule has 1 aliphatic carbocycles. The van der Waals surface area contributed by atoms with Crippen LogP contribution in [0.15, 0.2) is 4.99 Å². The van der Waals surface area contributed by atoms with Crippen LogP contribution >= 0.6 is 0 Å². The van der Waals surface area contributed by atoms with Crippen LogP contribution in [0.2, 0.25) is 0 Å². The first-order valence-electron chi connectivity index (χ1n) is 6.66. The maximum Gasteiger partial charge on any atom is 0.0965 e. The van der Waals surface area contributed by atoms with Gasteiger partial charge in [0.15, 0.2) is 0 Å². The molecule has 1 aliphatic heterocycles. The number of nitrogens with one attached hydrogen (secondary N) is 1. The van der Waals surface area contributed by atoms with Crippen molar-refractivity contribution < 1.29 is 0 Å². The number of amidine groups is 1. The standard InChI is InChI=1S/C13H24N2/c1-11(12-7-3-2-4-8-12)15-13-9-5-6-10-14-13/h11-12H,2-10H2,1H3,(H,14,15)/t11-/m0/s1. The Hall–Kier alpha value is -0.530. The third kappa shape index (κ3) is 3.22. The van der Waals surface area contributed by atoms with Crippen molar-refractivity contribution >= 4 is 5.84 Å². The summed E-state index contributed by atoms with van der Waals surface area (Å²) in [5.41, 5.74) is 0. The average Bonchev–Trinajstić information content (AvgIpc) is 2.31. The second-order valence-corrected chi connectivity index (χ2v) is 5.12. The Balaban J connectivity index is 1.79. The fourth-order valence-electron chi connectivity index (χ4n) is 2.83. The molecule has 0 spiro atoms. The van der Waals surface area contributed by atoms with E-state index in [1.807, 2.05) is 0 Å². The average molecular weight is 208 g/mol. The molecular formula is C13H24N2. The number of rotatable bonds is 2. The summed E-state index contributed by atoms with van der Waals surface area (Å²) in [5.74, 6) is 2.17. The van der Waals surface area contributed by atoms with Crippen LogP contribution in [0.1, 0.15) is 58.3 Å². The van der Waals surface area contributed by atoms with E-state index >= 15 is 0 Å². The molecule has 2 rings (SSSR count). The highest BCUT2D eigenvalue weighted by Gasteiger charge is 2.20. The Kier molecular flexibility index (Phi) is 4.04. The van der Waals surface area contributed by atoms with Gasteiger partial charge in [-0.1, -0.05) is 19.3 Å². The Morgan fingerprint density at radius 3 is 2.60 bits per heavy atom. The number of aliphatic imine (C=N–C) groups is 1. The minimum atomic E-state index is 0.641. The summed E-state index contributed by atoms with van der Waals surface area (Å²) >= 11 is 0. The normalized spacial score (nSPS) is 25.8. The van der Waals surface area contributed by atoms with Crippen molar-refractivity contribution in [3.05, 3.63) is 0 Å². The molecule has 0 aromatic heterocycles. The van der Waals surface area contributed by atoms with Crippen LogP contribution in [0.5, 0.6) is 0 Å². The predicted molar refractivity (Wildman–Crippen MR) is 65.3 cm³/mol. The Labute approximate surface area is 93.6 Å². The quantitative estimate of drug-likeness (QED) is 0.741. The zero-order valence-corrected chi connectivity index (χ0v) is 9.97. The molecule has 0 aromatic rings. The third-order valence-electron chi connectivity index (χ3n) is 3.88. The van der Waals surface area contributed by atoms with Crippen LogP contribution < -0.4 is 5.32 Å². The van der Waals surface area contributed by atoms with Gasteiger partial charge in [0.1, 0.15) is 0 Å². The van der Waals surface area contributed by atoms with Gasteiger partial charge in [0.2, 0.25) is 0 Å². The molecule has 0 radical (unpaired) electrons. The largest absolute Gasteiger partial charge is 0.371 e. The minimum Gasteiger partial charge on any atom is -0.371 e. The van der Waals surface area contributed by atoms with Crippen LogP contribution in [-0.2, 0) is 0 Å². The lowest BCUT2D eigenvalue weighted by Crippen LogP contribution is -2.39. The molecule has 1 atom stereocenters. The van der Waals surface area contributed by atoms with E-state index in [9.17, 15) is 0 Å². The molecule has 0 aromatic carbocycles. The Morgan fingerprint density at radius 2 is 1.93 bits per heavy atom. The van der Waals surface area contributed by atoms with E-state index in [1.165, 1.54) is 57.2 Å². The van der Waals surface area contributed by atoms with Crippen molar-refractivity contribution in [3.8, 4) is 0 Å². The zero-order chi connectivity index (χ0) is 10.5. The minimum absolute atomic E-state index is 0.641. The zero-order valence-electron chi connectivity index (χ0n) is 9.97. The molecule has 2 nitrogen and oxygen atoms in total. The molecule has 0 amide bonds. The van der Waals surface area contributed by atoms with Crippen LogP contribution in [0, 0.1) is 5.92 Å². The van der Waals surface area contributed by atoms with Crippen LogP contribution in [0.3, 0.4) is 0 Å². The van der Waals surface area contributed by atoms with Gasteiger partial charge in [0.25, 0.3) is 0 Å². The van der Waals surface area contributed by atoms with Gasteiger partial charge in [0.05, 0.1) is 5.84 Å². The van der Waals surface area contributed by atoms with Crippen molar-refractivity contribution in [2.45, 2.75) is 64.3 Å². The molecule has 2 aliphatic rings. The highest BCUT2D eigenvalue weighted by atomic mass is 15.0. The first-order chi connectivity index (χ1) is 7.36. The Morgan fingerprint density at radius 1 is 1.13 bits per heavy atom. The van der Waals surface area contributed by atoms with Gasteiger partial charge in [-0.15, -0.1) is 0 Å². The third-order valence-corrected chi connectivity index (χ3v) is 3.88. The fourth-order valence-corrected chi connectivity index (χ4v) is 2.83. The van der Waals surface area contributed by atoms with Crippen molar-refractivity contribution in [2.75, 3.05) is 6.54 Å². The smallest absolute Gasteiger partial charge is 0.0965 e. The molecule has 15 heavy (non-hydrogen) atoms. The molecule has 1 fully saturated rings. The van der Waals surface area contributed by atoms with E-state index in [2.05, 4.69) is 17.2 Å². The van der Waals surface area contributed by atoms with Gasteiger partial charge in [0, 0.05) is 19.0 Å². The fraction of sp³-hybridized carbons (Fsp3) is 0.923. The summed E-state index contributed by atoms with van der Waals surface area (Å²) < 4.78 is 0. The van der Waals surface area contributed by atoms with Crippen LogP contribution in [0.4, 0.5) is 0 Å². The number of nitrogens with zero attached hydrogens (tertiary/aromatic N) is 1. The summed E-state index contributed by atoms with van der Waals surface area (Å²) in [5, 5.41) is 3.64. The predicted octanol–water partition coefficient (Wildman–Crippen LogP) is 3.13. The van der Waals surface area contributed by atoms with Gasteiger partial charge >= 0.3 is 0 Å². The van der Waals surface area contributed by atoms with Gasteiger partial charge in [-0.05, 0) is 38.5 Å². The van der Waals surface area contributed by atoms with E-state index in [1.54, 1.807) is 0 Å². The molecule has 0 unspecified atom stereocenters. The molecular weight excluding hydrogens is 184 g/mol. The van der Waals surface area contributed by atoms with Crippen molar-refractivity contribution in [1.82, 2.24) is 5.32 Å². The van der Waals surface area contributed by atoms with Crippen molar-refractivity contribution in [2.24, 2.45) is 10.9 Å². The van der Waals surface area contributed by atoms with Crippen LogP contribution in [0.25, 0.3) is 0 Å². The summed E-state index contributed by atoms with van der Waals surface area (Å²) in [6.07, 6.45) is 10.9. The molecule has 0 bridgehead atoms. The first kappa shape index (κ1) is 11.0. The van der Waals surface area contributed by atoms with Gasteiger partial charge in [-0.2, -0.15) is 0 Å². The first-order valence-corrected chi connectivity index (χ1v) is 6.66. The maximum atomic E-state index is 4.57. The van der Waals surface area contributed by atoms with Gasteiger partial charge < -0.3 is 5.32 Å². The second kappa shape index (κ2) is 5.53. The topological polar surface area (TPSA) is 24.4 Å². The summed E-state index contributed by atoms with van der Waals surface area (Å²) in [6, 6.07) is 0.641.